The van der Waals surface area contributed by atoms with Crippen molar-refractivity contribution in [3.8, 4) is 0 Å². The number of nitrogens with two attached hydrogens (primary N) is 1. The van der Waals surface area contributed by atoms with Crippen LogP contribution >= 0.6 is 0 Å². The van der Waals surface area contributed by atoms with Crippen LogP contribution in [0.2, 0.25) is 4.82 Å². The summed E-state index contributed by atoms with van der Waals surface area (Å²) in [6, 6.07) is 1.53. The summed E-state index contributed by atoms with van der Waals surface area (Å²) in [5.41, 5.74) is 4.97. The van der Waals surface area contributed by atoms with Gasteiger partial charge in [-0.15, -0.1) is 0 Å². The zero-order chi connectivity index (χ0) is 13.3. The summed E-state index contributed by atoms with van der Waals surface area (Å²) in [5.74, 6) is 0.162. The van der Waals surface area contributed by atoms with Gasteiger partial charge in [0.25, 0.3) is 0 Å². The fraction of sp³-hybridized carbons (Fsp3) is 0.600. The maximum atomic E-state index is 11.8. The van der Waals surface area contributed by atoms with Crippen LogP contribution in [0.15, 0.2) is 17.1 Å². The van der Waals surface area contributed by atoms with Gasteiger partial charge in [0.05, 0.1) is 0 Å². The van der Waals surface area contributed by atoms with Crippen molar-refractivity contribution in [3.05, 3.63) is 22.7 Å². The molecule has 4 atom stereocenters. The third-order valence-electron chi connectivity index (χ3n) is 2.89. The summed E-state index contributed by atoms with van der Waals surface area (Å²) in [7, 11) is 1.48. The van der Waals surface area contributed by atoms with E-state index in [0.717, 1.165) is 0 Å². The van der Waals surface area contributed by atoms with E-state index in [2.05, 4.69) is 4.98 Å². The number of nitrogen functional groups attached to an aromatic ring is 1. The topological polar surface area (TPSA) is 111 Å². The molecule has 1 aliphatic rings. The molecule has 1 aliphatic heterocycles. The molecule has 8 heteroatoms. The molecule has 1 aromatic rings. The molecule has 2 heterocycles. The Balaban J connectivity index is 2.35. The quantitative estimate of drug-likeness (QED) is 0.567. The second-order valence-electron chi connectivity index (χ2n) is 3.98. The first-order valence-electron chi connectivity index (χ1n) is 5.40. The van der Waals surface area contributed by atoms with E-state index in [9.17, 15) is 15.0 Å². The number of anilines is 1. The maximum absolute atomic E-state index is 11.8. The predicted octanol–water partition coefficient (Wildman–Crippen LogP) is -1.80. The number of aromatic nitrogens is 2. The van der Waals surface area contributed by atoms with Gasteiger partial charge < -0.3 is 0 Å². The monoisotopic (exact) mass is 321 g/mol. The normalized spacial score (nSPS) is 31.7. The van der Waals surface area contributed by atoms with Crippen molar-refractivity contribution in [3.63, 3.8) is 0 Å². The standard InChI is InChI=1S/C10H15N3O4Se/c1-17-8-7(15)5(4-14)18-9(8)13-3-2-6(11)12-10(13)16/h2-3,5,7-9,14-15H,4H2,1H3,(H2,11,12,16)/t5-,7-,8-,9-/m1/s1. The van der Waals surface area contributed by atoms with Crippen molar-refractivity contribution >= 4 is 20.8 Å². The average molecular weight is 320 g/mol. The summed E-state index contributed by atoms with van der Waals surface area (Å²) in [6.07, 6.45) is 0.273. The number of methoxy groups -OCH3 is 1. The Morgan fingerprint density at radius 3 is 2.94 bits per heavy atom. The number of ether oxygens (including phenoxy) is 1. The Morgan fingerprint density at radius 2 is 2.39 bits per heavy atom. The first-order chi connectivity index (χ1) is 8.58. The molecule has 7 nitrogen and oxygen atoms in total. The van der Waals surface area contributed by atoms with Gasteiger partial charge in [-0.25, -0.2) is 0 Å². The molecule has 1 fully saturated rings. The number of aliphatic hydroxyl groups is 2. The molecule has 100 valence electrons. The van der Waals surface area contributed by atoms with E-state index in [1.54, 1.807) is 6.20 Å². The summed E-state index contributed by atoms with van der Waals surface area (Å²) in [6.45, 7) is -0.116. The number of hydrogen-bond donors (Lipinski definition) is 3. The molecule has 0 radical (unpaired) electrons. The van der Waals surface area contributed by atoms with Crippen LogP contribution in [0.1, 0.15) is 4.94 Å². The molecule has 0 saturated carbocycles. The molecule has 4 N–H and O–H groups in total. The van der Waals surface area contributed by atoms with Crippen LogP contribution in [0.5, 0.6) is 0 Å². The number of rotatable bonds is 3. The van der Waals surface area contributed by atoms with E-state index < -0.39 is 17.9 Å². The van der Waals surface area contributed by atoms with Crippen LogP contribution < -0.4 is 11.4 Å². The van der Waals surface area contributed by atoms with Gasteiger partial charge in [-0.1, -0.05) is 0 Å². The van der Waals surface area contributed by atoms with Gasteiger partial charge in [0, 0.05) is 0 Å². The summed E-state index contributed by atoms with van der Waals surface area (Å²) < 4.78 is 6.66. The van der Waals surface area contributed by atoms with Gasteiger partial charge in [0.2, 0.25) is 0 Å². The van der Waals surface area contributed by atoms with Crippen molar-refractivity contribution < 1.29 is 14.9 Å². The van der Waals surface area contributed by atoms with Crippen molar-refractivity contribution in [2.45, 2.75) is 22.0 Å². The first kappa shape index (κ1) is 13.5. The third-order valence-corrected chi connectivity index (χ3v) is 6.15. The predicted molar refractivity (Wildman–Crippen MR) is 65.3 cm³/mol. The second kappa shape index (κ2) is 5.38. The van der Waals surface area contributed by atoms with Gasteiger partial charge in [0.15, 0.2) is 0 Å². The van der Waals surface area contributed by atoms with E-state index in [-0.39, 0.29) is 37.1 Å². The summed E-state index contributed by atoms with van der Waals surface area (Å²) in [4.78, 5) is 14.9. The Hall–Kier alpha value is -0.921. The SMILES string of the molecule is CO[C@@H]1[C@H](O)[C@@H](CO)[Se][C@H]1n1ccc(N)nc1=O. The molecular weight excluding hydrogens is 305 g/mol. The minimum absolute atomic E-state index is 0.116. The Kier molecular flexibility index (Phi) is 4.03. The van der Waals surface area contributed by atoms with Gasteiger partial charge in [0.1, 0.15) is 0 Å². The molecule has 0 aliphatic carbocycles. The van der Waals surface area contributed by atoms with E-state index >= 15 is 0 Å². The van der Waals surface area contributed by atoms with Crippen molar-refractivity contribution in [2.24, 2.45) is 0 Å². The van der Waals surface area contributed by atoms with Crippen LogP contribution in [0.3, 0.4) is 0 Å². The van der Waals surface area contributed by atoms with Gasteiger partial charge in [-0.3, -0.25) is 0 Å². The summed E-state index contributed by atoms with van der Waals surface area (Å²) >= 11 is -0.156. The number of nitrogens with zero attached hydrogens (tertiary/aromatic N) is 2. The van der Waals surface area contributed by atoms with Crippen LogP contribution in [-0.4, -0.2) is 60.6 Å². The molecule has 0 amide bonds. The molecular formula is C10H15N3O4Se. The molecule has 0 aromatic carbocycles. The van der Waals surface area contributed by atoms with Gasteiger partial charge in [-0.05, 0) is 0 Å². The van der Waals surface area contributed by atoms with Crippen molar-refractivity contribution in [2.75, 3.05) is 19.5 Å². The Morgan fingerprint density at radius 1 is 1.67 bits per heavy atom. The fourth-order valence-corrected chi connectivity index (χ4v) is 5.07. The van der Waals surface area contributed by atoms with Crippen LogP contribution in [0, 0.1) is 0 Å². The second-order valence-corrected chi connectivity index (χ2v) is 6.84. The first-order valence-corrected chi connectivity index (χ1v) is 7.38. The third kappa shape index (κ3) is 2.30. The van der Waals surface area contributed by atoms with Crippen LogP contribution in [-0.2, 0) is 4.74 Å². The Bertz CT molecular complexity index is 480. The van der Waals surface area contributed by atoms with E-state index in [4.69, 9.17) is 10.5 Å². The minimum atomic E-state index is -0.769. The van der Waals surface area contributed by atoms with Gasteiger partial charge >= 0.3 is 109 Å². The zero-order valence-electron chi connectivity index (χ0n) is 9.76. The zero-order valence-corrected chi connectivity index (χ0v) is 11.5. The van der Waals surface area contributed by atoms with Crippen LogP contribution in [0.25, 0.3) is 0 Å². The Labute approximate surface area is 110 Å². The molecule has 0 bridgehead atoms. The summed E-state index contributed by atoms with van der Waals surface area (Å²) in [5, 5.41) is 19.2. The number of aliphatic hydroxyl groups excluding tert-OH is 2. The fourth-order valence-electron chi connectivity index (χ4n) is 1.97. The molecule has 1 saturated heterocycles. The molecule has 0 unspecified atom stereocenters. The number of hydrogen-bond acceptors (Lipinski definition) is 6. The van der Waals surface area contributed by atoms with E-state index in [0.29, 0.717) is 0 Å². The molecule has 2 rings (SSSR count). The van der Waals surface area contributed by atoms with E-state index in [1.807, 2.05) is 0 Å². The van der Waals surface area contributed by atoms with Crippen molar-refractivity contribution in [1.29, 1.82) is 0 Å². The molecule has 0 spiro atoms. The van der Waals surface area contributed by atoms with Crippen molar-refractivity contribution in [1.82, 2.24) is 9.55 Å². The average Bonchev–Trinajstić information content (AvgIpc) is 2.65. The molecule has 1 aromatic heterocycles. The van der Waals surface area contributed by atoms with E-state index in [1.165, 1.54) is 17.7 Å². The molecule has 18 heavy (non-hydrogen) atoms. The van der Waals surface area contributed by atoms with Gasteiger partial charge in [-0.2, -0.15) is 0 Å². The van der Waals surface area contributed by atoms with Crippen LogP contribution in [0.4, 0.5) is 5.82 Å².